The number of aromatic nitrogens is 2. The highest BCUT2D eigenvalue weighted by molar-refractivity contribution is 6.31. The van der Waals surface area contributed by atoms with Crippen LogP contribution in [0, 0.1) is 6.92 Å². The average Bonchev–Trinajstić information content (AvgIpc) is 2.69. The zero-order valence-electron chi connectivity index (χ0n) is 15.3. The molecule has 0 aliphatic heterocycles. The number of carbonyl (C=O) groups excluding carboxylic acids is 1. The van der Waals surface area contributed by atoms with E-state index in [0.29, 0.717) is 22.9 Å². The molecule has 1 N–H and O–H groups in total. The fourth-order valence-corrected chi connectivity index (χ4v) is 2.80. The number of anilines is 2. The van der Waals surface area contributed by atoms with Crippen LogP contribution in [0.25, 0.3) is 0 Å². The molecule has 0 atom stereocenters. The van der Waals surface area contributed by atoms with Crippen LogP contribution in [0.5, 0.6) is 0 Å². The third kappa shape index (κ3) is 5.05. The zero-order chi connectivity index (χ0) is 19.2. The van der Waals surface area contributed by atoms with Gasteiger partial charge in [0.05, 0.1) is 0 Å². The van der Waals surface area contributed by atoms with Crippen molar-refractivity contribution < 1.29 is 4.79 Å². The van der Waals surface area contributed by atoms with Crippen molar-refractivity contribution in [1.82, 2.24) is 14.9 Å². The zero-order valence-corrected chi connectivity index (χ0v) is 16.1. The summed E-state index contributed by atoms with van der Waals surface area (Å²) < 4.78 is 0. The lowest BCUT2D eigenvalue weighted by Gasteiger charge is -2.17. The van der Waals surface area contributed by atoms with Crippen molar-refractivity contribution in [3.63, 3.8) is 0 Å². The normalized spacial score (nSPS) is 10.5. The highest BCUT2D eigenvalue weighted by Gasteiger charge is 2.13. The maximum absolute atomic E-state index is 12.7. The van der Waals surface area contributed by atoms with E-state index in [0.717, 1.165) is 23.2 Å². The number of nitrogens with zero attached hydrogens (tertiary/aromatic N) is 3. The van der Waals surface area contributed by atoms with Gasteiger partial charge in [0.25, 0.3) is 5.91 Å². The Morgan fingerprint density at radius 1 is 1.11 bits per heavy atom. The standard InChI is InChI=1S/C21H21ClN4O/c1-15-3-4-18(14-19(15)22)25-20-13-17(7-11-24-20)21(27)26(2)12-8-16-5-9-23-10-6-16/h3-7,9-11,13-14H,8,12H2,1-2H3,(H,24,25). The van der Waals surface area contributed by atoms with E-state index in [1.165, 1.54) is 0 Å². The van der Waals surface area contributed by atoms with Crippen molar-refractivity contribution in [2.45, 2.75) is 13.3 Å². The molecule has 3 rings (SSSR count). The van der Waals surface area contributed by atoms with Gasteiger partial charge in [-0.1, -0.05) is 17.7 Å². The number of nitrogens with one attached hydrogen (secondary N) is 1. The molecule has 0 radical (unpaired) electrons. The molecule has 1 amide bonds. The van der Waals surface area contributed by atoms with E-state index < -0.39 is 0 Å². The number of benzene rings is 1. The number of rotatable bonds is 6. The van der Waals surface area contributed by atoms with Crippen LogP contribution in [0.15, 0.2) is 61.1 Å². The van der Waals surface area contributed by atoms with Crippen molar-refractivity contribution in [3.8, 4) is 0 Å². The summed E-state index contributed by atoms with van der Waals surface area (Å²) in [4.78, 5) is 22.7. The van der Waals surface area contributed by atoms with Gasteiger partial charge in [-0.05, 0) is 60.9 Å². The minimum absolute atomic E-state index is 0.0450. The number of amides is 1. The summed E-state index contributed by atoms with van der Waals surface area (Å²) in [6.07, 6.45) is 5.93. The van der Waals surface area contributed by atoms with Gasteiger partial charge in [-0.3, -0.25) is 9.78 Å². The van der Waals surface area contributed by atoms with E-state index in [1.54, 1.807) is 42.7 Å². The molecule has 0 saturated carbocycles. The first-order chi connectivity index (χ1) is 13.0. The lowest BCUT2D eigenvalue weighted by Crippen LogP contribution is -2.28. The fraction of sp³-hybridized carbons (Fsp3) is 0.190. The topological polar surface area (TPSA) is 58.1 Å². The predicted octanol–water partition coefficient (Wildman–Crippen LogP) is 4.50. The molecule has 0 aliphatic rings. The Bertz CT molecular complexity index is 930. The third-order valence-electron chi connectivity index (χ3n) is 4.28. The SMILES string of the molecule is Cc1ccc(Nc2cc(C(=O)N(C)CCc3ccncc3)ccn2)cc1Cl. The summed E-state index contributed by atoms with van der Waals surface area (Å²) in [6.45, 7) is 2.58. The first kappa shape index (κ1) is 18.9. The molecular formula is C21H21ClN4O. The van der Waals surface area contributed by atoms with Crippen LogP contribution in [0.4, 0.5) is 11.5 Å². The average molecular weight is 381 g/mol. The number of carbonyl (C=O) groups is 1. The molecule has 2 heterocycles. The monoisotopic (exact) mass is 380 g/mol. The number of pyridine rings is 2. The molecule has 0 unspecified atom stereocenters. The Kier molecular flexibility index (Phi) is 6.04. The van der Waals surface area contributed by atoms with Gasteiger partial charge < -0.3 is 10.2 Å². The molecule has 0 bridgehead atoms. The van der Waals surface area contributed by atoms with Crippen molar-refractivity contribution in [2.24, 2.45) is 0 Å². The quantitative estimate of drug-likeness (QED) is 0.684. The summed E-state index contributed by atoms with van der Waals surface area (Å²) in [5, 5.41) is 3.87. The van der Waals surface area contributed by atoms with Crippen LogP contribution in [0.2, 0.25) is 5.02 Å². The Labute approximate surface area is 164 Å². The summed E-state index contributed by atoms with van der Waals surface area (Å²) in [5.74, 6) is 0.555. The third-order valence-corrected chi connectivity index (χ3v) is 4.69. The second-order valence-electron chi connectivity index (χ2n) is 6.35. The van der Waals surface area contributed by atoms with Gasteiger partial charge in [-0.2, -0.15) is 0 Å². The first-order valence-corrected chi connectivity index (χ1v) is 9.04. The van der Waals surface area contributed by atoms with Gasteiger partial charge in [-0.25, -0.2) is 4.98 Å². The molecule has 138 valence electrons. The predicted molar refractivity (Wildman–Crippen MR) is 109 cm³/mol. The molecule has 27 heavy (non-hydrogen) atoms. The first-order valence-electron chi connectivity index (χ1n) is 8.66. The Hall–Kier alpha value is -2.92. The Balaban J connectivity index is 1.66. The lowest BCUT2D eigenvalue weighted by atomic mass is 10.1. The largest absolute Gasteiger partial charge is 0.341 e. The highest BCUT2D eigenvalue weighted by atomic mass is 35.5. The van der Waals surface area contributed by atoms with E-state index in [9.17, 15) is 4.79 Å². The van der Waals surface area contributed by atoms with Crippen LogP contribution >= 0.6 is 11.6 Å². The molecule has 2 aromatic heterocycles. The van der Waals surface area contributed by atoms with Crippen molar-refractivity contribution in [1.29, 1.82) is 0 Å². The minimum atomic E-state index is -0.0450. The van der Waals surface area contributed by atoms with Gasteiger partial charge in [0.15, 0.2) is 0 Å². The molecule has 1 aromatic carbocycles. The number of likely N-dealkylation sites (N-methyl/N-ethyl adjacent to an activating group) is 1. The second kappa shape index (κ2) is 8.64. The smallest absolute Gasteiger partial charge is 0.253 e. The summed E-state index contributed by atoms with van der Waals surface area (Å²) >= 11 is 6.16. The van der Waals surface area contributed by atoms with E-state index >= 15 is 0 Å². The molecule has 0 spiro atoms. The Morgan fingerprint density at radius 3 is 2.63 bits per heavy atom. The van der Waals surface area contributed by atoms with E-state index in [4.69, 9.17) is 11.6 Å². The molecule has 0 aliphatic carbocycles. The maximum Gasteiger partial charge on any atom is 0.253 e. The lowest BCUT2D eigenvalue weighted by molar-refractivity contribution is 0.0796. The minimum Gasteiger partial charge on any atom is -0.341 e. The molecule has 3 aromatic rings. The number of hydrogen-bond acceptors (Lipinski definition) is 4. The van der Waals surface area contributed by atoms with Crippen molar-refractivity contribution in [3.05, 3.63) is 82.8 Å². The summed E-state index contributed by atoms with van der Waals surface area (Å²) in [7, 11) is 1.80. The van der Waals surface area contributed by atoms with Crippen LogP contribution in [0.1, 0.15) is 21.5 Å². The Morgan fingerprint density at radius 2 is 1.89 bits per heavy atom. The maximum atomic E-state index is 12.7. The summed E-state index contributed by atoms with van der Waals surface area (Å²) in [5.41, 5.74) is 3.57. The van der Waals surface area contributed by atoms with Crippen molar-refractivity contribution >= 4 is 29.0 Å². The molecule has 5 nitrogen and oxygen atoms in total. The van der Waals surface area contributed by atoms with Gasteiger partial charge in [-0.15, -0.1) is 0 Å². The van der Waals surface area contributed by atoms with Crippen LogP contribution in [0.3, 0.4) is 0 Å². The van der Waals surface area contributed by atoms with Gasteiger partial charge in [0.2, 0.25) is 0 Å². The van der Waals surface area contributed by atoms with Gasteiger partial charge in [0, 0.05) is 48.5 Å². The number of aryl methyl sites for hydroxylation is 1. The van der Waals surface area contributed by atoms with E-state index in [1.807, 2.05) is 37.3 Å². The molecule has 0 saturated heterocycles. The van der Waals surface area contributed by atoms with Crippen LogP contribution < -0.4 is 5.32 Å². The van der Waals surface area contributed by atoms with Gasteiger partial charge >= 0.3 is 0 Å². The van der Waals surface area contributed by atoms with Crippen LogP contribution in [-0.4, -0.2) is 34.4 Å². The number of hydrogen-bond donors (Lipinski definition) is 1. The van der Waals surface area contributed by atoms with Gasteiger partial charge in [0.1, 0.15) is 5.82 Å². The summed E-state index contributed by atoms with van der Waals surface area (Å²) in [6, 6.07) is 13.1. The van der Waals surface area contributed by atoms with Crippen LogP contribution in [-0.2, 0) is 6.42 Å². The molecule has 0 fully saturated rings. The van der Waals surface area contributed by atoms with E-state index in [-0.39, 0.29) is 5.91 Å². The molecule has 6 heteroatoms. The molecular weight excluding hydrogens is 360 g/mol. The second-order valence-corrected chi connectivity index (χ2v) is 6.76. The highest BCUT2D eigenvalue weighted by Crippen LogP contribution is 2.22. The van der Waals surface area contributed by atoms with Crippen molar-refractivity contribution in [2.75, 3.05) is 18.9 Å². The fourth-order valence-electron chi connectivity index (χ4n) is 2.62. The van der Waals surface area contributed by atoms with E-state index in [2.05, 4.69) is 15.3 Å². The number of halogens is 1.